The first kappa shape index (κ1) is 8.26. The Morgan fingerprint density at radius 2 is 2.50 bits per heavy atom. The molecule has 1 aliphatic rings. The standard InChI is InChI=1S/C6H11IN2O/c1-8-6(10)5-2-3-9(7)4-5/h5H,2-4H2,1H3,(H,8,10). The van der Waals surface area contributed by atoms with Crippen LogP contribution >= 0.6 is 22.9 Å². The fourth-order valence-corrected chi connectivity index (χ4v) is 1.89. The largest absolute Gasteiger partial charge is 0.359 e. The topological polar surface area (TPSA) is 32.3 Å². The van der Waals surface area contributed by atoms with Crippen LogP contribution in [0.15, 0.2) is 0 Å². The predicted octanol–water partition coefficient (Wildman–Crippen LogP) is 0.404. The van der Waals surface area contributed by atoms with Crippen LogP contribution in [0, 0.1) is 5.92 Å². The zero-order valence-corrected chi connectivity index (χ0v) is 8.09. The van der Waals surface area contributed by atoms with Crippen LogP contribution in [0.3, 0.4) is 0 Å². The van der Waals surface area contributed by atoms with E-state index in [1.807, 2.05) is 0 Å². The number of amides is 1. The van der Waals surface area contributed by atoms with Crippen molar-refractivity contribution in [2.75, 3.05) is 20.1 Å². The summed E-state index contributed by atoms with van der Waals surface area (Å²) in [6, 6.07) is 0. The molecule has 1 heterocycles. The maximum absolute atomic E-state index is 11.0. The molecule has 10 heavy (non-hydrogen) atoms. The van der Waals surface area contributed by atoms with E-state index < -0.39 is 0 Å². The van der Waals surface area contributed by atoms with Gasteiger partial charge in [-0.1, -0.05) is 0 Å². The van der Waals surface area contributed by atoms with Crippen LogP contribution in [-0.2, 0) is 4.79 Å². The molecule has 1 fully saturated rings. The lowest BCUT2D eigenvalue weighted by atomic mass is 10.1. The molecule has 1 amide bonds. The van der Waals surface area contributed by atoms with E-state index in [0.29, 0.717) is 0 Å². The lowest BCUT2D eigenvalue weighted by Crippen LogP contribution is -2.28. The number of hydrogen-bond acceptors (Lipinski definition) is 2. The summed E-state index contributed by atoms with van der Waals surface area (Å²) in [7, 11) is 1.69. The number of carbonyl (C=O) groups is 1. The van der Waals surface area contributed by atoms with E-state index in [0.717, 1.165) is 19.5 Å². The predicted molar refractivity (Wildman–Crippen MR) is 47.8 cm³/mol. The molecule has 3 nitrogen and oxygen atoms in total. The molecule has 0 aliphatic carbocycles. The van der Waals surface area contributed by atoms with Gasteiger partial charge in [-0.25, -0.2) is 3.11 Å². The highest BCUT2D eigenvalue weighted by Crippen LogP contribution is 2.18. The fraction of sp³-hybridized carbons (Fsp3) is 0.833. The minimum atomic E-state index is 0.180. The molecule has 0 spiro atoms. The van der Waals surface area contributed by atoms with E-state index in [2.05, 4.69) is 31.3 Å². The number of nitrogens with zero attached hydrogens (tertiary/aromatic N) is 1. The van der Waals surface area contributed by atoms with Crippen molar-refractivity contribution in [2.45, 2.75) is 6.42 Å². The van der Waals surface area contributed by atoms with Gasteiger partial charge in [0.05, 0.1) is 5.92 Å². The van der Waals surface area contributed by atoms with E-state index in [1.54, 1.807) is 7.05 Å². The van der Waals surface area contributed by atoms with Crippen molar-refractivity contribution < 1.29 is 4.79 Å². The van der Waals surface area contributed by atoms with Crippen LogP contribution in [-0.4, -0.2) is 29.2 Å². The Morgan fingerprint density at radius 1 is 1.80 bits per heavy atom. The lowest BCUT2D eigenvalue weighted by molar-refractivity contribution is -0.123. The Balaban J connectivity index is 2.37. The normalized spacial score (nSPS) is 26.8. The summed E-state index contributed by atoms with van der Waals surface area (Å²) in [6.07, 6.45) is 1.00. The van der Waals surface area contributed by atoms with Gasteiger partial charge in [0.25, 0.3) is 0 Å². The zero-order chi connectivity index (χ0) is 7.56. The molecule has 4 heteroatoms. The molecule has 58 valence electrons. The summed E-state index contributed by atoms with van der Waals surface area (Å²) in [4.78, 5) is 11.0. The first-order valence-electron chi connectivity index (χ1n) is 3.36. The Kier molecular flexibility index (Phi) is 2.91. The van der Waals surface area contributed by atoms with Crippen LogP contribution in [0.2, 0.25) is 0 Å². The zero-order valence-electron chi connectivity index (χ0n) is 5.93. The van der Waals surface area contributed by atoms with E-state index in [-0.39, 0.29) is 11.8 Å². The maximum atomic E-state index is 11.0. The van der Waals surface area contributed by atoms with Crippen molar-refractivity contribution in [3.05, 3.63) is 0 Å². The summed E-state index contributed by atoms with van der Waals surface area (Å²) < 4.78 is 2.15. The van der Waals surface area contributed by atoms with Gasteiger partial charge in [-0.2, -0.15) is 0 Å². The van der Waals surface area contributed by atoms with Crippen molar-refractivity contribution in [3.8, 4) is 0 Å². The molecule has 1 aliphatic heterocycles. The summed E-state index contributed by atoms with van der Waals surface area (Å²) in [6.45, 7) is 1.94. The van der Waals surface area contributed by atoms with Crippen molar-refractivity contribution in [3.63, 3.8) is 0 Å². The summed E-state index contributed by atoms with van der Waals surface area (Å²) in [5.74, 6) is 0.404. The number of halogens is 1. The van der Waals surface area contributed by atoms with Gasteiger partial charge in [0.2, 0.25) is 5.91 Å². The number of carbonyl (C=O) groups excluding carboxylic acids is 1. The van der Waals surface area contributed by atoms with Crippen molar-refractivity contribution in [2.24, 2.45) is 5.92 Å². The quantitative estimate of drug-likeness (QED) is 0.542. The van der Waals surface area contributed by atoms with Crippen LogP contribution < -0.4 is 5.32 Å². The number of hydrogen-bond donors (Lipinski definition) is 1. The SMILES string of the molecule is CNC(=O)C1CCN(I)C1. The van der Waals surface area contributed by atoms with Crippen molar-refractivity contribution in [1.29, 1.82) is 0 Å². The minimum Gasteiger partial charge on any atom is -0.359 e. The van der Waals surface area contributed by atoms with E-state index in [9.17, 15) is 4.79 Å². The Labute approximate surface area is 74.6 Å². The molecule has 0 bridgehead atoms. The highest BCUT2D eigenvalue weighted by Gasteiger charge is 2.25. The van der Waals surface area contributed by atoms with Gasteiger partial charge in [0.15, 0.2) is 0 Å². The molecule has 1 N–H and O–H groups in total. The fourth-order valence-electron chi connectivity index (χ4n) is 1.14. The number of nitrogens with one attached hydrogen (secondary N) is 1. The molecule has 0 radical (unpaired) electrons. The van der Waals surface area contributed by atoms with Gasteiger partial charge in [-0.3, -0.25) is 4.79 Å². The van der Waals surface area contributed by atoms with Gasteiger partial charge in [-0.05, 0) is 6.42 Å². The van der Waals surface area contributed by atoms with E-state index in [4.69, 9.17) is 0 Å². The molecule has 0 aromatic rings. The number of rotatable bonds is 1. The smallest absolute Gasteiger partial charge is 0.224 e. The second kappa shape index (κ2) is 3.52. The third-order valence-electron chi connectivity index (χ3n) is 1.76. The maximum Gasteiger partial charge on any atom is 0.224 e. The average molecular weight is 254 g/mol. The third kappa shape index (κ3) is 1.82. The van der Waals surface area contributed by atoms with Crippen LogP contribution in [0.5, 0.6) is 0 Å². The van der Waals surface area contributed by atoms with E-state index in [1.165, 1.54) is 0 Å². The molecule has 1 rings (SSSR count). The van der Waals surface area contributed by atoms with Crippen LogP contribution in [0.4, 0.5) is 0 Å². The van der Waals surface area contributed by atoms with Crippen LogP contribution in [0.25, 0.3) is 0 Å². The Morgan fingerprint density at radius 3 is 2.90 bits per heavy atom. The highest BCUT2D eigenvalue weighted by molar-refractivity contribution is 14.1. The van der Waals surface area contributed by atoms with Gasteiger partial charge >= 0.3 is 0 Å². The molecule has 0 aromatic carbocycles. The minimum absolute atomic E-state index is 0.180. The molecule has 1 atom stereocenters. The molecular formula is C6H11IN2O. The summed E-state index contributed by atoms with van der Waals surface area (Å²) in [5.41, 5.74) is 0. The average Bonchev–Trinajstić information content (AvgIpc) is 2.34. The lowest BCUT2D eigenvalue weighted by Gasteiger charge is -2.06. The van der Waals surface area contributed by atoms with Gasteiger partial charge in [0, 0.05) is 43.0 Å². The van der Waals surface area contributed by atoms with Gasteiger partial charge < -0.3 is 5.32 Å². The van der Waals surface area contributed by atoms with Crippen molar-refractivity contribution >= 4 is 28.8 Å². The first-order valence-corrected chi connectivity index (χ1v) is 4.33. The second-order valence-corrected chi connectivity index (χ2v) is 3.83. The Hall–Kier alpha value is 0.160. The second-order valence-electron chi connectivity index (χ2n) is 2.47. The third-order valence-corrected chi connectivity index (χ3v) is 2.63. The molecule has 1 unspecified atom stereocenters. The Bertz CT molecular complexity index is 140. The van der Waals surface area contributed by atoms with Crippen LogP contribution in [0.1, 0.15) is 6.42 Å². The monoisotopic (exact) mass is 254 g/mol. The molecule has 1 saturated heterocycles. The highest BCUT2D eigenvalue weighted by atomic mass is 127. The molecule has 0 aromatic heterocycles. The molecule has 0 saturated carbocycles. The van der Waals surface area contributed by atoms with Crippen molar-refractivity contribution in [1.82, 2.24) is 8.43 Å². The van der Waals surface area contributed by atoms with Gasteiger partial charge in [-0.15, -0.1) is 0 Å². The summed E-state index contributed by atoms with van der Waals surface area (Å²) >= 11 is 2.25. The molecular weight excluding hydrogens is 243 g/mol. The summed E-state index contributed by atoms with van der Waals surface area (Å²) in [5, 5.41) is 2.66. The first-order chi connectivity index (χ1) is 4.74. The van der Waals surface area contributed by atoms with Gasteiger partial charge in [0.1, 0.15) is 0 Å². The van der Waals surface area contributed by atoms with E-state index >= 15 is 0 Å².